The van der Waals surface area contributed by atoms with Gasteiger partial charge in [0.2, 0.25) is 5.91 Å². The van der Waals surface area contributed by atoms with Crippen LogP contribution in [0.5, 0.6) is 17.2 Å². The standard InChI is InChI=1S/C40H39N5O5S/c1-45-34-18-30(11-12-33(34)41-36(45)22-49-28-8-5-23(6-9-28)16-35-37(46)43-39(48)51-35)50-29-10-7-27-3-2-4-32(31(27)17-29)42-38(47)44-40-19-24-13-25(20-40)15-26(14-24)21-40/h2-12,17-18,24-26,35H,13-16,19-22H2,1H3,(H2,42,44,47)(H,43,46,48). The van der Waals surface area contributed by atoms with Gasteiger partial charge in [0.1, 0.15) is 29.7 Å². The maximum absolute atomic E-state index is 13.4. The molecule has 4 bridgehead atoms. The van der Waals surface area contributed by atoms with Crippen LogP contribution in [0.1, 0.15) is 49.9 Å². The Kier molecular flexibility index (Phi) is 7.90. The molecular formula is C40H39N5O5S. The van der Waals surface area contributed by atoms with E-state index in [0.29, 0.717) is 23.7 Å². The largest absolute Gasteiger partial charge is 0.486 e. The van der Waals surface area contributed by atoms with Crippen molar-refractivity contribution in [2.75, 3.05) is 5.32 Å². The molecule has 11 heteroatoms. The van der Waals surface area contributed by atoms with Gasteiger partial charge in [-0.2, -0.15) is 0 Å². The van der Waals surface area contributed by atoms with E-state index in [1.54, 1.807) is 0 Å². The number of imidazole rings is 1. The number of rotatable bonds is 9. The Morgan fingerprint density at radius 2 is 1.63 bits per heavy atom. The SMILES string of the molecule is Cn1c(COc2ccc(CC3SC(=O)NC3=O)cc2)nc2ccc(Oc3ccc4cccc(NC(=O)NC56CC7CC(CC(C7)C5)C6)c4c3)cc21. The summed E-state index contributed by atoms with van der Waals surface area (Å²) in [6.45, 7) is 0.271. The predicted octanol–water partition coefficient (Wildman–Crippen LogP) is 8.08. The van der Waals surface area contributed by atoms with E-state index >= 15 is 0 Å². The number of benzene rings is 4. The highest BCUT2D eigenvalue weighted by atomic mass is 32.2. The van der Waals surface area contributed by atoms with Crippen LogP contribution in [0.25, 0.3) is 21.8 Å². The Morgan fingerprint density at radius 1 is 0.922 bits per heavy atom. The number of aromatic nitrogens is 2. The van der Waals surface area contributed by atoms with E-state index in [2.05, 4.69) is 16.0 Å². The van der Waals surface area contributed by atoms with Gasteiger partial charge in [-0.15, -0.1) is 0 Å². The molecule has 3 N–H and O–H groups in total. The van der Waals surface area contributed by atoms with Crippen molar-refractivity contribution in [3.63, 3.8) is 0 Å². The summed E-state index contributed by atoms with van der Waals surface area (Å²) in [6.07, 6.45) is 7.82. The maximum Gasteiger partial charge on any atom is 0.319 e. The summed E-state index contributed by atoms with van der Waals surface area (Å²) < 4.78 is 14.4. The third-order valence-corrected chi connectivity index (χ3v) is 12.2. The van der Waals surface area contributed by atoms with Gasteiger partial charge in [0.05, 0.1) is 22.0 Å². The van der Waals surface area contributed by atoms with E-state index in [4.69, 9.17) is 14.5 Å². The van der Waals surface area contributed by atoms with E-state index < -0.39 is 5.25 Å². The minimum absolute atomic E-state index is 0.0559. The number of aryl methyl sites for hydroxylation is 1. The highest BCUT2D eigenvalue weighted by Gasteiger charge is 2.51. The quantitative estimate of drug-likeness (QED) is 0.142. The molecule has 4 aliphatic carbocycles. The van der Waals surface area contributed by atoms with Gasteiger partial charge in [-0.25, -0.2) is 9.78 Å². The molecule has 4 aromatic carbocycles. The first-order valence-electron chi connectivity index (χ1n) is 17.7. The summed E-state index contributed by atoms with van der Waals surface area (Å²) >= 11 is 1.03. The first kappa shape index (κ1) is 31.9. The van der Waals surface area contributed by atoms with Gasteiger partial charge in [0.25, 0.3) is 5.24 Å². The van der Waals surface area contributed by atoms with Crippen molar-refractivity contribution in [1.29, 1.82) is 0 Å². The molecule has 0 spiro atoms. The number of nitrogens with one attached hydrogen (secondary N) is 3. The molecule has 5 aromatic rings. The van der Waals surface area contributed by atoms with Crippen LogP contribution in [-0.4, -0.2) is 37.5 Å². The number of carbonyl (C=O) groups excluding carboxylic acids is 3. The molecule has 1 unspecified atom stereocenters. The fourth-order valence-corrected chi connectivity index (χ4v) is 10.1. The van der Waals surface area contributed by atoms with E-state index in [9.17, 15) is 14.4 Å². The van der Waals surface area contributed by atoms with Crippen LogP contribution in [0.2, 0.25) is 0 Å². The second-order valence-corrected chi connectivity index (χ2v) is 16.0. The van der Waals surface area contributed by atoms with Crippen molar-refractivity contribution < 1.29 is 23.9 Å². The van der Waals surface area contributed by atoms with Crippen LogP contribution in [-0.2, 0) is 24.9 Å². The molecule has 1 atom stereocenters. The van der Waals surface area contributed by atoms with Crippen LogP contribution < -0.4 is 25.4 Å². The molecule has 1 saturated heterocycles. The first-order chi connectivity index (χ1) is 24.7. The smallest absolute Gasteiger partial charge is 0.319 e. The number of thioether (sulfide) groups is 1. The lowest BCUT2D eigenvalue weighted by Crippen LogP contribution is -2.60. The topological polar surface area (TPSA) is 124 Å². The number of fused-ring (bicyclic) bond motifs is 2. The lowest BCUT2D eigenvalue weighted by Gasteiger charge is -2.56. The number of ether oxygens (including phenoxy) is 2. The number of imide groups is 1. The van der Waals surface area contributed by atoms with E-state index in [0.717, 1.165) is 87.7 Å². The Hall–Kier alpha value is -5.03. The van der Waals surface area contributed by atoms with Gasteiger partial charge < -0.3 is 24.7 Å². The van der Waals surface area contributed by atoms with Gasteiger partial charge >= 0.3 is 6.03 Å². The van der Waals surface area contributed by atoms with Gasteiger partial charge in [-0.3, -0.25) is 14.9 Å². The molecule has 1 aliphatic heterocycles. The van der Waals surface area contributed by atoms with Gasteiger partial charge in [-0.1, -0.05) is 42.1 Å². The third-order valence-electron chi connectivity index (χ3n) is 11.2. The van der Waals surface area contributed by atoms with E-state index in [1.807, 2.05) is 90.5 Å². The molecule has 4 amide bonds. The average molecular weight is 702 g/mol. The zero-order chi connectivity index (χ0) is 34.7. The summed E-state index contributed by atoms with van der Waals surface area (Å²) in [5.74, 6) is 4.83. The molecule has 4 saturated carbocycles. The predicted molar refractivity (Wildman–Crippen MR) is 197 cm³/mol. The van der Waals surface area contributed by atoms with Crippen LogP contribution in [0, 0.1) is 17.8 Å². The number of hydrogen-bond donors (Lipinski definition) is 3. The van der Waals surface area contributed by atoms with Crippen LogP contribution in [0.4, 0.5) is 15.3 Å². The fraction of sp³-hybridized carbons (Fsp3) is 0.350. The maximum atomic E-state index is 13.4. The van der Waals surface area contributed by atoms with Crippen molar-refractivity contribution in [3.05, 3.63) is 90.3 Å². The van der Waals surface area contributed by atoms with Crippen molar-refractivity contribution >= 4 is 56.4 Å². The van der Waals surface area contributed by atoms with Gasteiger partial charge in [-0.05, 0) is 116 Å². The Balaban J connectivity index is 0.862. The summed E-state index contributed by atoms with van der Waals surface area (Å²) in [4.78, 5) is 41.5. The highest BCUT2D eigenvalue weighted by molar-refractivity contribution is 8.15. The minimum atomic E-state index is -0.400. The number of urea groups is 1. The summed E-state index contributed by atoms with van der Waals surface area (Å²) in [6, 6.07) is 25.1. The number of nitrogens with zero attached hydrogens (tertiary/aromatic N) is 2. The minimum Gasteiger partial charge on any atom is -0.486 e. The van der Waals surface area contributed by atoms with Crippen molar-refractivity contribution in [3.8, 4) is 17.2 Å². The van der Waals surface area contributed by atoms with Crippen LogP contribution >= 0.6 is 11.8 Å². The lowest BCUT2D eigenvalue weighted by molar-refractivity contribution is -0.118. The van der Waals surface area contributed by atoms with Crippen molar-refractivity contribution in [2.24, 2.45) is 24.8 Å². The zero-order valence-corrected chi connectivity index (χ0v) is 29.1. The monoisotopic (exact) mass is 701 g/mol. The summed E-state index contributed by atoms with van der Waals surface area (Å²) in [5.41, 5.74) is 3.40. The molecule has 2 heterocycles. The van der Waals surface area contributed by atoms with Gasteiger partial charge in [0.15, 0.2) is 0 Å². The Labute approximate surface area is 299 Å². The highest BCUT2D eigenvalue weighted by Crippen LogP contribution is 2.55. The average Bonchev–Trinajstić information content (AvgIpc) is 3.59. The molecule has 10 rings (SSSR count). The molecule has 1 aromatic heterocycles. The molecule has 260 valence electrons. The number of carbonyl (C=O) groups is 3. The lowest BCUT2D eigenvalue weighted by atomic mass is 9.53. The molecule has 5 aliphatic rings. The Morgan fingerprint density at radius 3 is 2.35 bits per heavy atom. The zero-order valence-electron chi connectivity index (χ0n) is 28.3. The number of anilines is 1. The van der Waals surface area contributed by atoms with Gasteiger partial charge in [0, 0.05) is 24.0 Å². The third kappa shape index (κ3) is 6.39. The van der Waals surface area contributed by atoms with Crippen molar-refractivity contribution in [1.82, 2.24) is 20.2 Å². The molecule has 10 nitrogen and oxygen atoms in total. The van der Waals surface area contributed by atoms with Crippen molar-refractivity contribution in [2.45, 2.75) is 62.3 Å². The second-order valence-electron chi connectivity index (χ2n) is 14.8. The van der Waals surface area contributed by atoms with E-state index in [-0.39, 0.29) is 29.3 Å². The normalized spacial score (nSPS) is 25.0. The van der Waals surface area contributed by atoms with Crippen LogP contribution in [0.15, 0.2) is 78.9 Å². The molecule has 51 heavy (non-hydrogen) atoms. The van der Waals surface area contributed by atoms with Crippen LogP contribution in [0.3, 0.4) is 0 Å². The fourth-order valence-electron chi connectivity index (χ4n) is 9.24. The summed E-state index contributed by atoms with van der Waals surface area (Å²) in [5, 5.41) is 10.2. The summed E-state index contributed by atoms with van der Waals surface area (Å²) in [7, 11) is 1.95. The molecule has 5 fully saturated rings. The van der Waals surface area contributed by atoms with E-state index in [1.165, 1.54) is 19.3 Å². The number of hydrogen-bond acceptors (Lipinski definition) is 7. The molecule has 0 radical (unpaired) electrons. The Bertz CT molecular complexity index is 2160. The number of amides is 4. The molecular weight excluding hydrogens is 663 g/mol. The first-order valence-corrected chi connectivity index (χ1v) is 18.6. The second kappa shape index (κ2) is 12.6.